The number of alkyl carbamates (subject to hydrolysis) is 1. The molecule has 0 saturated carbocycles. The number of carboxylic acids is 1. The third kappa shape index (κ3) is 6.23. The Morgan fingerprint density at radius 2 is 2.05 bits per heavy atom. The van der Waals surface area contributed by atoms with Crippen LogP contribution in [-0.4, -0.2) is 29.8 Å². The largest absolute Gasteiger partial charge is 0.480 e. The first-order valence-electron chi connectivity index (χ1n) is 5.69. The summed E-state index contributed by atoms with van der Waals surface area (Å²) in [6, 6.07) is 8.21. The lowest BCUT2D eigenvalue weighted by molar-refractivity contribution is -0.137. The van der Waals surface area contributed by atoms with Crippen molar-refractivity contribution >= 4 is 12.1 Å². The second-order valence-corrected chi connectivity index (χ2v) is 3.73. The summed E-state index contributed by atoms with van der Waals surface area (Å²) >= 11 is 0. The lowest BCUT2D eigenvalue weighted by Gasteiger charge is -2.05. The molecular formula is C13H16N2O4. The maximum atomic E-state index is 11.3. The van der Waals surface area contributed by atoms with Gasteiger partial charge in [0.2, 0.25) is 0 Å². The number of carbonyl (C=O) groups excluding carboxylic acids is 1. The Kier molecular flexibility index (Phi) is 6.11. The molecule has 102 valence electrons. The zero-order chi connectivity index (χ0) is 14.1. The van der Waals surface area contributed by atoms with Crippen molar-refractivity contribution < 1.29 is 19.4 Å². The van der Waals surface area contributed by atoms with Gasteiger partial charge in [0.1, 0.15) is 12.6 Å². The number of amides is 1. The molecule has 4 N–H and O–H groups in total. The number of nitrogens with one attached hydrogen (secondary N) is 1. The first-order valence-corrected chi connectivity index (χ1v) is 5.69. The van der Waals surface area contributed by atoms with Gasteiger partial charge in [0.25, 0.3) is 0 Å². The molecule has 1 amide bonds. The average Bonchev–Trinajstić information content (AvgIpc) is 2.42. The van der Waals surface area contributed by atoms with Crippen LogP contribution in [0.3, 0.4) is 0 Å². The lowest BCUT2D eigenvalue weighted by Crippen LogP contribution is -2.28. The summed E-state index contributed by atoms with van der Waals surface area (Å²) in [5.41, 5.74) is 6.13. The molecule has 0 aliphatic rings. The van der Waals surface area contributed by atoms with Crippen molar-refractivity contribution in [1.82, 2.24) is 5.32 Å². The Bertz CT molecular complexity index is 445. The van der Waals surface area contributed by atoms with Gasteiger partial charge in [0.15, 0.2) is 0 Å². The Morgan fingerprint density at radius 1 is 1.37 bits per heavy atom. The number of carbonyl (C=O) groups is 2. The average molecular weight is 264 g/mol. The van der Waals surface area contributed by atoms with Gasteiger partial charge in [-0.3, -0.25) is 4.79 Å². The number of nitrogens with two attached hydrogens (primary N) is 1. The van der Waals surface area contributed by atoms with Crippen molar-refractivity contribution in [1.29, 1.82) is 0 Å². The van der Waals surface area contributed by atoms with Gasteiger partial charge in [-0.15, -0.1) is 0 Å². The Morgan fingerprint density at radius 3 is 2.68 bits per heavy atom. The monoisotopic (exact) mass is 264 g/mol. The molecule has 1 aromatic carbocycles. The SMILES string of the molecule is N[C@@H](/C=C/CNC(=O)OCc1ccccc1)C(=O)O. The predicted molar refractivity (Wildman–Crippen MR) is 69.4 cm³/mol. The minimum absolute atomic E-state index is 0.161. The minimum Gasteiger partial charge on any atom is -0.480 e. The summed E-state index contributed by atoms with van der Waals surface area (Å²) in [7, 11) is 0. The number of hydrogen-bond donors (Lipinski definition) is 3. The molecule has 0 saturated heterocycles. The predicted octanol–water partition coefficient (Wildman–Crippen LogP) is 0.881. The van der Waals surface area contributed by atoms with Crippen LogP contribution in [0.25, 0.3) is 0 Å². The van der Waals surface area contributed by atoms with E-state index < -0.39 is 18.1 Å². The highest BCUT2D eigenvalue weighted by molar-refractivity contribution is 5.75. The van der Waals surface area contributed by atoms with E-state index in [-0.39, 0.29) is 13.2 Å². The van der Waals surface area contributed by atoms with E-state index in [0.29, 0.717) is 0 Å². The number of benzene rings is 1. The van der Waals surface area contributed by atoms with Crippen LogP contribution in [0.15, 0.2) is 42.5 Å². The second-order valence-electron chi connectivity index (χ2n) is 3.73. The van der Waals surface area contributed by atoms with Gasteiger partial charge in [-0.2, -0.15) is 0 Å². The molecule has 1 aromatic rings. The first kappa shape index (κ1) is 14.7. The highest BCUT2D eigenvalue weighted by Crippen LogP contribution is 2.00. The van der Waals surface area contributed by atoms with Gasteiger partial charge in [0, 0.05) is 6.54 Å². The van der Waals surface area contributed by atoms with E-state index in [1.165, 1.54) is 12.2 Å². The lowest BCUT2D eigenvalue weighted by atomic mass is 10.2. The van der Waals surface area contributed by atoms with E-state index in [1.807, 2.05) is 30.3 Å². The smallest absolute Gasteiger partial charge is 0.407 e. The normalized spacial score (nSPS) is 12.1. The molecule has 0 fully saturated rings. The molecule has 6 heteroatoms. The molecule has 0 unspecified atom stereocenters. The van der Waals surface area contributed by atoms with Crippen molar-refractivity contribution in [2.45, 2.75) is 12.6 Å². The molecule has 19 heavy (non-hydrogen) atoms. The summed E-state index contributed by atoms with van der Waals surface area (Å²) in [6.45, 7) is 0.347. The van der Waals surface area contributed by atoms with Crippen molar-refractivity contribution in [3.63, 3.8) is 0 Å². The van der Waals surface area contributed by atoms with Gasteiger partial charge in [-0.25, -0.2) is 4.79 Å². The Labute approximate surface area is 110 Å². The zero-order valence-corrected chi connectivity index (χ0v) is 10.3. The molecule has 0 bridgehead atoms. The Hall–Kier alpha value is -2.34. The molecule has 1 rings (SSSR count). The van der Waals surface area contributed by atoms with Crippen molar-refractivity contribution in [2.24, 2.45) is 5.73 Å². The molecule has 0 spiro atoms. The number of hydrogen-bond acceptors (Lipinski definition) is 4. The molecule has 0 radical (unpaired) electrons. The fourth-order valence-electron chi connectivity index (χ4n) is 1.21. The standard InChI is InChI=1S/C13H16N2O4/c14-11(12(16)17)7-4-8-15-13(18)19-9-10-5-2-1-3-6-10/h1-7,11H,8-9,14H2,(H,15,18)(H,16,17)/b7-4+/t11-/m0/s1. The van der Waals surface area contributed by atoms with Gasteiger partial charge in [-0.05, 0) is 5.56 Å². The minimum atomic E-state index is -1.12. The van der Waals surface area contributed by atoms with E-state index in [1.54, 1.807) is 0 Å². The summed E-state index contributed by atoms with van der Waals surface area (Å²) in [4.78, 5) is 21.7. The van der Waals surface area contributed by atoms with Crippen LogP contribution < -0.4 is 11.1 Å². The number of carboxylic acid groups (broad SMARTS) is 1. The van der Waals surface area contributed by atoms with Crippen LogP contribution in [0, 0.1) is 0 Å². The van der Waals surface area contributed by atoms with Crippen molar-refractivity contribution in [3.05, 3.63) is 48.0 Å². The van der Waals surface area contributed by atoms with Gasteiger partial charge in [0.05, 0.1) is 0 Å². The summed E-state index contributed by atoms with van der Waals surface area (Å²) < 4.78 is 4.95. The summed E-state index contributed by atoms with van der Waals surface area (Å²) in [5, 5.41) is 11.0. The number of ether oxygens (including phenoxy) is 1. The summed E-state index contributed by atoms with van der Waals surface area (Å²) in [6.07, 6.45) is 2.18. The molecule has 0 aromatic heterocycles. The molecule has 6 nitrogen and oxygen atoms in total. The fourth-order valence-corrected chi connectivity index (χ4v) is 1.21. The third-order valence-corrected chi connectivity index (χ3v) is 2.21. The van der Waals surface area contributed by atoms with Crippen LogP contribution in [0.2, 0.25) is 0 Å². The van der Waals surface area contributed by atoms with E-state index in [2.05, 4.69) is 5.32 Å². The maximum Gasteiger partial charge on any atom is 0.407 e. The highest BCUT2D eigenvalue weighted by Gasteiger charge is 2.05. The van der Waals surface area contributed by atoms with Crippen molar-refractivity contribution in [3.8, 4) is 0 Å². The molecular weight excluding hydrogens is 248 g/mol. The van der Waals surface area contributed by atoms with E-state index in [4.69, 9.17) is 15.6 Å². The van der Waals surface area contributed by atoms with Crippen LogP contribution in [0.4, 0.5) is 4.79 Å². The molecule has 0 aliphatic heterocycles. The summed E-state index contributed by atoms with van der Waals surface area (Å²) in [5.74, 6) is -1.12. The fraction of sp³-hybridized carbons (Fsp3) is 0.231. The van der Waals surface area contributed by atoms with Gasteiger partial charge in [-0.1, -0.05) is 42.5 Å². The van der Waals surface area contributed by atoms with Crippen LogP contribution >= 0.6 is 0 Å². The quantitative estimate of drug-likeness (QED) is 0.662. The second kappa shape index (κ2) is 7.88. The Balaban J connectivity index is 2.20. The molecule has 0 heterocycles. The van der Waals surface area contributed by atoms with E-state index in [9.17, 15) is 9.59 Å². The molecule has 1 atom stereocenters. The highest BCUT2D eigenvalue weighted by atomic mass is 16.5. The van der Waals surface area contributed by atoms with E-state index >= 15 is 0 Å². The third-order valence-electron chi connectivity index (χ3n) is 2.21. The number of rotatable bonds is 6. The van der Waals surface area contributed by atoms with Crippen LogP contribution in [-0.2, 0) is 16.1 Å². The number of aliphatic carboxylic acids is 1. The molecule has 0 aliphatic carbocycles. The van der Waals surface area contributed by atoms with Gasteiger partial charge < -0.3 is 20.9 Å². The van der Waals surface area contributed by atoms with Crippen LogP contribution in [0.5, 0.6) is 0 Å². The topological polar surface area (TPSA) is 102 Å². The zero-order valence-electron chi connectivity index (χ0n) is 10.3. The first-order chi connectivity index (χ1) is 9.09. The maximum absolute atomic E-state index is 11.3. The van der Waals surface area contributed by atoms with Crippen molar-refractivity contribution in [2.75, 3.05) is 6.54 Å². The van der Waals surface area contributed by atoms with Gasteiger partial charge >= 0.3 is 12.1 Å². The van der Waals surface area contributed by atoms with Crippen LogP contribution in [0.1, 0.15) is 5.56 Å². The van der Waals surface area contributed by atoms with E-state index in [0.717, 1.165) is 5.56 Å².